The lowest BCUT2D eigenvalue weighted by molar-refractivity contribution is -0.138. The molecule has 0 aliphatic heterocycles. The molecule has 0 heterocycles. The van der Waals surface area contributed by atoms with Crippen LogP contribution in [0.1, 0.15) is 11.1 Å². The molecule has 0 unspecified atom stereocenters. The third kappa shape index (κ3) is 4.86. The molecule has 20 heavy (non-hydrogen) atoms. The van der Waals surface area contributed by atoms with E-state index in [1.165, 1.54) is 17.0 Å². The fourth-order valence-electron chi connectivity index (χ4n) is 1.61. The maximum Gasteiger partial charge on any atom is 0.416 e. The summed E-state index contributed by atoms with van der Waals surface area (Å²) in [5.74, 6) is -0.357. The Morgan fingerprint density at radius 1 is 1.30 bits per heavy atom. The van der Waals surface area contributed by atoms with Gasteiger partial charge in [-0.05, 0) is 17.7 Å². The van der Waals surface area contributed by atoms with Crippen molar-refractivity contribution >= 4 is 27.1 Å². The first kappa shape index (κ1) is 17.1. The minimum Gasteiger partial charge on any atom is -0.374 e. The first-order valence-electron chi connectivity index (χ1n) is 5.69. The molecule has 0 fully saturated rings. The molecule has 0 saturated carbocycles. The molecule has 0 atom stereocenters. The highest BCUT2D eigenvalue weighted by Crippen LogP contribution is 2.35. The summed E-state index contributed by atoms with van der Waals surface area (Å²) in [7, 11) is -1.62. The second-order valence-electron chi connectivity index (χ2n) is 4.52. The average Bonchev–Trinajstić information content (AvgIpc) is 2.33. The summed E-state index contributed by atoms with van der Waals surface area (Å²) < 4.78 is 60.8. The molecule has 0 aliphatic rings. The molecule has 0 bridgehead atoms. The van der Waals surface area contributed by atoms with Crippen LogP contribution in [0.2, 0.25) is 0 Å². The Labute approximate surface area is 121 Å². The molecular weight excluding hydrogens is 315 g/mol. The van der Waals surface area contributed by atoms with Gasteiger partial charge < -0.3 is 4.90 Å². The standard InChI is InChI=1S/C12H15ClF3NO2S/c1-17(5-6-20(2,18)19)10-4-3-9(8-13)11(7-10)12(14,15)16/h3-4,7H,5-6,8H2,1-2H3. The van der Waals surface area contributed by atoms with Gasteiger partial charge in [-0.1, -0.05) is 6.07 Å². The lowest BCUT2D eigenvalue weighted by Gasteiger charge is -2.21. The third-order valence-corrected chi connectivity index (χ3v) is 3.99. The Morgan fingerprint density at radius 3 is 2.35 bits per heavy atom. The number of anilines is 1. The summed E-state index contributed by atoms with van der Waals surface area (Å²) in [6, 6.07) is 3.79. The van der Waals surface area contributed by atoms with E-state index in [-0.39, 0.29) is 23.7 Å². The molecule has 1 aromatic rings. The summed E-state index contributed by atoms with van der Waals surface area (Å²) >= 11 is 5.50. The highest BCUT2D eigenvalue weighted by atomic mass is 35.5. The van der Waals surface area contributed by atoms with Gasteiger partial charge in [-0.3, -0.25) is 0 Å². The Kier molecular flexibility index (Phi) is 5.32. The van der Waals surface area contributed by atoms with Crippen LogP contribution in [0.3, 0.4) is 0 Å². The number of nitrogens with zero attached hydrogens (tertiary/aromatic N) is 1. The van der Waals surface area contributed by atoms with Gasteiger partial charge in [0.1, 0.15) is 9.84 Å². The molecule has 3 nitrogen and oxygen atoms in total. The first-order chi connectivity index (χ1) is 9.04. The zero-order valence-corrected chi connectivity index (χ0v) is 12.6. The van der Waals surface area contributed by atoms with Gasteiger partial charge in [-0.2, -0.15) is 13.2 Å². The summed E-state index contributed by atoms with van der Waals surface area (Å²) in [6.07, 6.45) is -3.41. The van der Waals surface area contributed by atoms with Gasteiger partial charge >= 0.3 is 6.18 Å². The maximum absolute atomic E-state index is 12.9. The summed E-state index contributed by atoms with van der Waals surface area (Å²) in [6.45, 7) is 0.121. The van der Waals surface area contributed by atoms with Gasteiger partial charge in [0.25, 0.3) is 0 Å². The Morgan fingerprint density at radius 2 is 1.90 bits per heavy atom. The van der Waals surface area contributed by atoms with Gasteiger partial charge in [0.15, 0.2) is 0 Å². The van der Waals surface area contributed by atoms with Gasteiger partial charge in [0, 0.05) is 31.4 Å². The number of hydrogen-bond acceptors (Lipinski definition) is 3. The minimum atomic E-state index is -4.49. The van der Waals surface area contributed by atoms with Crippen molar-refractivity contribution in [1.82, 2.24) is 0 Å². The van der Waals surface area contributed by atoms with Crippen LogP contribution in [0, 0.1) is 0 Å². The van der Waals surface area contributed by atoms with Gasteiger partial charge in [-0.15, -0.1) is 11.6 Å². The van der Waals surface area contributed by atoms with E-state index in [9.17, 15) is 21.6 Å². The lowest BCUT2D eigenvalue weighted by Crippen LogP contribution is -2.25. The van der Waals surface area contributed by atoms with Crippen LogP contribution in [-0.4, -0.2) is 34.0 Å². The molecule has 1 aromatic carbocycles. The molecule has 0 radical (unpaired) electrons. The van der Waals surface area contributed by atoms with E-state index in [0.29, 0.717) is 5.69 Å². The van der Waals surface area contributed by atoms with Crippen LogP contribution in [0.15, 0.2) is 18.2 Å². The van der Waals surface area contributed by atoms with E-state index in [0.717, 1.165) is 12.3 Å². The predicted molar refractivity (Wildman–Crippen MR) is 74.0 cm³/mol. The second-order valence-corrected chi connectivity index (χ2v) is 7.05. The number of rotatable bonds is 5. The molecule has 114 valence electrons. The van der Waals surface area contributed by atoms with Gasteiger partial charge in [-0.25, -0.2) is 8.42 Å². The third-order valence-electron chi connectivity index (χ3n) is 2.78. The number of benzene rings is 1. The van der Waals surface area contributed by atoms with Crippen LogP contribution in [0.25, 0.3) is 0 Å². The fourth-order valence-corrected chi connectivity index (χ4v) is 2.45. The zero-order chi connectivity index (χ0) is 15.6. The average molecular weight is 330 g/mol. The maximum atomic E-state index is 12.9. The van der Waals surface area contributed by atoms with Crippen LogP contribution in [-0.2, 0) is 21.9 Å². The van der Waals surface area contributed by atoms with Crippen molar-refractivity contribution in [3.63, 3.8) is 0 Å². The van der Waals surface area contributed by atoms with E-state index in [2.05, 4.69) is 0 Å². The summed E-state index contributed by atoms with van der Waals surface area (Å²) in [4.78, 5) is 1.47. The van der Waals surface area contributed by atoms with E-state index in [1.54, 1.807) is 7.05 Å². The molecular formula is C12H15ClF3NO2S. The Bertz CT molecular complexity index is 573. The van der Waals surface area contributed by atoms with Gasteiger partial charge in [0.05, 0.1) is 11.3 Å². The molecule has 0 N–H and O–H groups in total. The second kappa shape index (κ2) is 6.22. The highest BCUT2D eigenvalue weighted by Gasteiger charge is 2.33. The Hall–Kier alpha value is -0.950. The lowest BCUT2D eigenvalue weighted by atomic mass is 10.1. The number of alkyl halides is 4. The van der Waals surface area contributed by atoms with Crippen molar-refractivity contribution in [3.8, 4) is 0 Å². The van der Waals surface area contributed by atoms with Crippen molar-refractivity contribution in [3.05, 3.63) is 29.3 Å². The quantitative estimate of drug-likeness (QED) is 0.779. The summed E-state index contributed by atoms with van der Waals surface area (Å²) in [5.41, 5.74) is -0.495. The minimum absolute atomic E-state index is 0.000528. The van der Waals surface area contributed by atoms with E-state index in [1.807, 2.05) is 0 Å². The smallest absolute Gasteiger partial charge is 0.374 e. The van der Waals surface area contributed by atoms with E-state index < -0.39 is 21.6 Å². The van der Waals surface area contributed by atoms with Crippen LogP contribution < -0.4 is 4.90 Å². The zero-order valence-electron chi connectivity index (χ0n) is 11.0. The van der Waals surface area contributed by atoms with E-state index >= 15 is 0 Å². The molecule has 0 aliphatic carbocycles. The fraction of sp³-hybridized carbons (Fsp3) is 0.500. The van der Waals surface area contributed by atoms with Crippen LogP contribution in [0.5, 0.6) is 0 Å². The molecule has 0 saturated heterocycles. The highest BCUT2D eigenvalue weighted by molar-refractivity contribution is 7.90. The molecule has 0 amide bonds. The monoisotopic (exact) mass is 329 g/mol. The first-order valence-corrected chi connectivity index (χ1v) is 8.29. The molecule has 1 rings (SSSR count). The van der Waals surface area contributed by atoms with Crippen molar-refractivity contribution in [2.75, 3.05) is 30.5 Å². The Balaban J connectivity index is 3.03. The number of sulfone groups is 1. The number of halogens is 4. The van der Waals surface area contributed by atoms with Crippen molar-refractivity contribution in [2.24, 2.45) is 0 Å². The summed E-state index contributed by atoms with van der Waals surface area (Å²) in [5, 5.41) is 0. The number of hydrogen-bond donors (Lipinski definition) is 0. The van der Waals surface area contributed by atoms with Gasteiger partial charge in [0.2, 0.25) is 0 Å². The SMILES string of the molecule is CN(CCS(C)(=O)=O)c1ccc(CCl)c(C(F)(F)F)c1. The van der Waals surface area contributed by atoms with Crippen LogP contribution >= 0.6 is 11.6 Å². The van der Waals surface area contributed by atoms with Crippen molar-refractivity contribution in [2.45, 2.75) is 12.1 Å². The molecule has 8 heteroatoms. The van der Waals surface area contributed by atoms with Crippen molar-refractivity contribution in [1.29, 1.82) is 0 Å². The topological polar surface area (TPSA) is 37.4 Å². The molecule has 0 aromatic heterocycles. The van der Waals surface area contributed by atoms with E-state index in [4.69, 9.17) is 11.6 Å². The molecule has 0 spiro atoms. The normalized spacial score (nSPS) is 12.5. The largest absolute Gasteiger partial charge is 0.416 e. The van der Waals surface area contributed by atoms with Crippen molar-refractivity contribution < 1.29 is 21.6 Å². The van der Waals surface area contributed by atoms with Crippen LogP contribution in [0.4, 0.5) is 18.9 Å². The predicted octanol–water partition coefficient (Wildman–Crippen LogP) is 2.93.